The average Bonchev–Trinajstić information content (AvgIpc) is 2.30. The van der Waals surface area contributed by atoms with Gasteiger partial charge in [0, 0.05) is 6.04 Å². The van der Waals surface area contributed by atoms with E-state index < -0.39 is 5.54 Å². The van der Waals surface area contributed by atoms with E-state index in [2.05, 4.69) is 19.2 Å². The normalized spacial score (nSPS) is 21.6. The van der Waals surface area contributed by atoms with E-state index in [-0.39, 0.29) is 24.4 Å². The number of carbonyl (C=O) groups excluding carboxylic acids is 1. The van der Waals surface area contributed by atoms with Crippen LogP contribution in [0.25, 0.3) is 0 Å². The molecule has 1 rings (SSSR count). The Morgan fingerprint density at radius 1 is 1.39 bits per heavy atom. The van der Waals surface area contributed by atoms with Crippen molar-refractivity contribution in [2.75, 3.05) is 0 Å². The van der Waals surface area contributed by atoms with Crippen LogP contribution in [-0.2, 0) is 4.79 Å². The van der Waals surface area contributed by atoms with Gasteiger partial charge in [0.05, 0.1) is 5.54 Å². The second-order valence-electron chi connectivity index (χ2n) is 5.83. The topological polar surface area (TPSA) is 55.1 Å². The molecule has 0 aromatic carbocycles. The van der Waals surface area contributed by atoms with Crippen LogP contribution in [0.2, 0.25) is 0 Å². The summed E-state index contributed by atoms with van der Waals surface area (Å²) in [6.07, 6.45) is 8.14. The molecular weight excluding hydrogens is 248 g/mol. The summed E-state index contributed by atoms with van der Waals surface area (Å²) in [6.45, 7) is 6.01. The van der Waals surface area contributed by atoms with Crippen LogP contribution in [0.1, 0.15) is 65.7 Å². The third-order valence-electron chi connectivity index (χ3n) is 4.00. The van der Waals surface area contributed by atoms with Gasteiger partial charge in [-0.2, -0.15) is 0 Å². The average molecular weight is 277 g/mol. The molecular formula is C14H29ClN2O. The summed E-state index contributed by atoms with van der Waals surface area (Å²) in [7, 11) is 0. The van der Waals surface area contributed by atoms with Gasteiger partial charge in [-0.3, -0.25) is 4.79 Å². The first-order chi connectivity index (χ1) is 7.97. The molecule has 1 amide bonds. The van der Waals surface area contributed by atoms with Crippen molar-refractivity contribution >= 4 is 18.3 Å². The smallest absolute Gasteiger partial charge is 0.240 e. The number of amides is 1. The van der Waals surface area contributed by atoms with E-state index in [1.165, 1.54) is 32.1 Å². The van der Waals surface area contributed by atoms with Crippen LogP contribution in [0.15, 0.2) is 0 Å². The Morgan fingerprint density at radius 3 is 2.44 bits per heavy atom. The first-order valence-electron chi connectivity index (χ1n) is 7.07. The van der Waals surface area contributed by atoms with Gasteiger partial charge in [-0.15, -0.1) is 12.4 Å². The Kier molecular flexibility index (Phi) is 7.88. The molecule has 1 aliphatic carbocycles. The van der Waals surface area contributed by atoms with Crippen molar-refractivity contribution in [3.63, 3.8) is 0 Å². The minimum atomic E-state index is -0.711. The van der Waals surface area contributed by atoms with Gasteiger partial charge in [-0.1, -0.05) is 32.6 Å². The molecule has 1 fully saturated rings. The molecule has 2 unspecified atom stereocenters. The van der Waals surface area contributed by atoms with Gasteiger partial charge in [-0.05, 0) is 39.0 Å². The number of rotatable bonds is 5. The first-order valence-corrected chi connectivity index (χ1v) is 7.07. The van der Waals surface area contributed by atoms with E-state index in [4.69, 9.17) is 5.73 Å². The van der Waals surface area contributed by atoms with E-state index in [1.807, 2.05) is 6.92 Å². The molecule has 0 aromatic rings. The van der Waals surface area contributed by atoms with Crippen LogP contribution >= 0.6 is 12.4 Å². The van der Waals surface area contributed by atoms with Gasteiger partial charge in [0.15, 0.2) is 0 Å². The van der Waals surface area contributed by atoms with Gasteiger partial charge in [0.1, 0.15) is 0 Å². The Morgan fingerprint density at radius 2 is 1.94 bits per heavy atom. The molecule has 0 aliphatic heterocycles. The zero-order valence-corrected chi connectivity index (χ0v) is 12.8. The third kappa shape index (κ3) is 5.15. The SMILES string of the molecule is CCCC(C)(N)C(=O)NC(C)C1CCCCC1.Cl. The lowest BCUT2D eigenvalue weighted by Crippen LogP contribution is -2.54. The Balaban J connectivity index is 0.00000289. The maximum atomic E-state index is 12.1. The quantitative estimate of drug-likeness (QED) is 0.811. The van der Waals surface area contributed by atoms with E-state index in [0.717, 1.165) is 12.8 Å². The van der Waals surface area contributed by atoms with E-state index in [9.17, 15) is 4.79 Å². The predicted molar refractivity (Wildman–Crippen MR) is 78.9 cm³/mol. The van der Waals surface area contributed by atoms with Crippen LogP contribution in [0, 0.1) is 5.92 Å². The van der Waals surface area contributed by atoms with Crippen LogP contribution in [0.3, 0.4) is 0 Å². The van der Waals surface area contributed by atoms with Gasteiger partial charge < -0.3 is 11.1 Å². The Hall–Kier alpha value is -0.280. The lowest BCUT2D eigenvalue weighted by atomic mass is 9.84. The van der Waals surface area contributed by atoms with Crippen molar-refractivity contribution in [3.05, 3.63) is 0 Å². The molecule has 0 saturated heterocycles. The second kappa shape index (κ2) is 8.00. The lowest BCUT2D eigenvalue weighted by Gasteiger charge is -2.31. The molecule has 1 saturated carbocycles. The van der Waals surface area contributed by atoms with Crippen molar-refractivity contribution in [1.82, 2.24) is 5.32 Å². The summed E-state index contributed by atoms with van der Waals surface area (Å²) in [4.78, 5) is 12.1. The summed E-state index contributed by atoms with van der Waals surface area (Å²) in [5, 5.41) is 3.11. The summed E-state index contributed by atoms with van der Waals surface area (Å²) in [6, 6.07) is 0.266. The molecule has 18 heavy (non-hydrogen) atoms. The van der Waals surface area contributed by atoms with E-state index in [1.54, 1.807) is 0 Å². The van der Waals surface area contributed by atoms with Crippen LogP contribution < -0.4 is 11.1 Å². The minimum absolute atomic E-state index is 0. The van der Waals surface area contributed by atoms with E-state index in [0.29, 0.717) is 5.92 Å². The van der Waals surface area contributed by atoms with Gasteiger partial charge in [-0.25, -0.2) is 0 Å². The number of hydrogen-bond donors (Lipinski definition) is 2. The monoisotopic (exact) mass is 276 g/mol. The number of nitrogens with one attached hydrogen (secondary N) is 1. The highest BCUT2D eigenvalue weighted by atomic mass is 35.5. The molecule has 108 valence electrons. The van der Waals surface area contributed by atoms with Crippen molar-refractivity contribution in [2.45, 2.75) is 77.3 Å². The number of hydrogen-bond acceptors (Lipinski definition) is 2. The Labute approximate surface area is 118 Å². The highest BCUT2D eigenvalue weighted by Gasteiger charge is 2.30. The molecule has 0 heterocycles. The van der Waals surface area contributed by atoms with Gasteiger partial charge in [0.25, 0.3) is 0 Å². The van der Waals surface area contributed by atoms with Crippen molar-refractivity contribution < 1.29 is 4.79 Å². The molecule has 3 nitrogen and oxygen atoms in total. The van der Waals surface area contributed by atoms with Crippen molar-refractivity contribution in [2.24, 2.45) is 11.7 Å². The molecule has 1 aliphatic rings. The lowest BCUT2D eigenvalue weighted by molar-refractivity contribution is -0.127. The highest BCUT2D eigenvalue weighted by molar-refractivity contribution is 5.86. The standard InChI is InChI=1S/C14H28N2O.ClH/c1-4-10-14(3,15)13(17)16-11(2)12-8-6-5-7-9-12;/h11-12H,4-10,15H2,1-3H3,(H,16,17);1H. The molecule has 3 N–H and O–H groups in total. The number of nitrogens with two attached hydrogens (primary N) is 1. The van der Waals surface area contributed by atoms with Crippen molar-refractivity contribution in [3.8, 4) is 0 Å². The molecule has 0 radical (unpaired) electrons. The van der Waals surface area contributed by atoms with Crippen LogP contribution in [0.4, 0.5) is 0 Å². The summed E-state index contributed by atoms with van der Waals surface area (Å²) < 4.78 is 0. The number of carbonyl (C=O) groups is 1. The minimum Gasteiger partial charge on any atom is -0.352 e. The zero-order chi connectivity index (χ0) is 12.9. The fourth-order valence-electron chi connectivity index (χ4n) is 2.76. The maximum absolute atomic E-state index is 12.1. The zero-order valence-electron chi connectivity index (χ0n) is 12.0. The summed E-state index contributed by atoms with van der Waals surface area (Å²) in [5.74, 6) is 0.655. The highest BCUT2D eigenvalue weighted by Crippen LogP contribution is 2.26. The predicted octanol–water partition coefficient (Wildman–Crippen LogP) is 3.01. The first kappa shape index (κ1) is 17.7. The molecule has 2 atom stereocenters. The second-order valence-corrected chi connectivity index (χ2v) is 5.83. The Bertz CT molecular complexity index is 250. The number of halogens is 1. The summed E-state index contributed by atoms with van der Waals surface area (Å²) >= 11 is 0. The van der Waals surface area contributed by atoms with Crippen molar-refractivity contribution in [1.29, 1.82) is 0 Å². The third-order valence-corrected chi connectivity index (χ3v) is 4.00. The van der Waals surface area contributed by atoms with Crippen LogP contribution in [0.5, 0.6) is 0 Å². The fraction of sp³-hybridized carbons (Fsp3) is 0.929. The van der Waals surface area contributed by atoms with E-state index >= 15 is 0 Å². The molecule has 0 bridgehead atoms. The fourth-order valence-corrected chi connectivity index (χ4v) is 2.76. The largest absolute Gasteiger partial charge is 0.352 e. The van der Waals surface area contributed by atoms with Gasteiger partial charge >= 0.3 is 0 Å². The molecule has 0 aromatic heterocycles. The summed E-state index contributed by atoms with van der Waals surface area (Å²) in [5.41, 5.74) is 5.33. The maximum Gasteiger partial charge on any atom is 0.240 e. The molecule has 4 heteroatoms. The van der Waals surface area contributed by atoms with Gasteiger partial charge in [0.2, 0.25) is 5.91 Å². The van der Waals surface area contributed by atoms with Crippen LogP contribution in [-0.4, -0.2) is 17.5 Å². The molecule has 0 spiro atoms.